The van der Waals surface area contributed by atoms with Crippen LogP contribution in [0.5, 0.6) is 0 Å². The summed E-state index contributed by atoms with van der Waals surface area (Å²) >= 11 is 0. The van der Waals surface area contributed by atoms with Crippen molar-refractivity contribution in [1.29, 1.82) is 0 Å². The lowest BCUT2D eigenvalue weighted by molar-refractivity contribution is 0.145. The Morgan fingerprint density at radius 1 is 1.21 bits per heavy atom. The minimum absolute atomic E-state index is 0.159. The highest BCUT2D eigenvalue weighted by molar-refractivity contribution is 5.32. The van der Waals surface area contributed by atoms with Crippen molar-refractivity contribution in [3.05, 3.63) is 47.5 Å². The van der Waals surface area contributed by atoms with Gasteiger partial charge in [-0.3, -0.25) is 9.67 Å². The molecule has 0 spiro atoms. The molecular weight excluding hydrogens is 300 g/mol. The van der Waals surface area contributed by atoms with Crippen molar-refractivity contribution in [2.75, 3.05) is 0 Å². The van der Waals surface area contributed by atoms with Crippen LogP contribution in [0.4, 0.5) is 0 Å². The molecule has 2 aromatic heterocycles. The maximum atomic E-state index is 10.4. The maximum absolute atomic E-state index is 10.4. The molecule has 1 unspecified atom stereocenters. The Bertz CT molecular complexity index is 670. The summed E-state index contributed by atoms with van der Waals surface area (Å²) in [7, 11) is 0. The fourth-order valence-electron chi connectivity index (χ4n) is 4.28. The SMILES string of the molecule is O[C@@H]1CC(Cn2cccn2)C[C@H]1NCc1nccc2c1CCCC2. The average Bonchev–Trinajstić information content (AvgIpc) is 3.23. The van der Waals surface area contributed by atoms with Crippen LogP contribution >= 0.6 is 0 Å². The van der Waals surface area contributed by atoms with E-state index in [1.54, 1.807) is 0 Å². The monoisotopic (exact) mass is 326 g/mol. The molecule has 0 amide bonds. The number of hydrogen-bond acceptors (Lipinski definition) is 4. The van der Waals surface area contributed by atoms with Crippen molar-refractivity contribution < 1.29 is 5.11 Å². The van der Waals surface area contributed by atoms with Gasteiger partial charge in [0.1, 0.15) is 0 Å². The number of nitrogens with one attached hydrogen (secondary N) is 1. The van der Waals surface area contributed by atoms with Crippen molar-refractivity contribution in [1.82, 2.24) is 20.1 Å². The van der Waals surface area contributed by atoms with Gasteiger partial charge < -0.3 is 10.4 Å². The number of aliphatic hydroxyl groups is 1. The molecule has 128 valence electrons. The van der Waals surface area contributed by atoms with Gasteiger partial charge in [0.25, 0.3) is 0 Å². The van der Waals surface area contributed by atoms with Crippen LogP contribution in [-0.2, 0) is 25.9 Å². The van der Waals surface area contributed by atoms with Crippen LogP contribution < -0.4 is 5.32 Å². The molecule has 0 radical (unpaired) electrons. The Labute approximate surface area is 143 Å². The summed E-state index contributed by atoms with van der Waals surface area (Å²) in [5.41, 5.74) is 4.09. The molecule has 0 aromatic carbocycles. The molecule has 3 atom stereocenters. The lowest BCUT2D eigenvalue weighted by Crippen LogP contribution is -2.35. The van der Waals surface area contributed by atoms with Gasteiger partial charge in [-0.2, -0.15) is 5.10 Å². The Morgan fingerprint density at radius 2 is 2.12 bits per heavy atom. The second kappa shape index (κ2) is 7.03. The number of aromatic nitrogens is 3. The van der Waals surface area contributed by atoms with Crippen LogP contribution in [0.15, 0.2) is 30.7 Å². The molecule has 0 saturated heterocycles. The lowest BCUT2D eigenvalue weighted by Gasteiger charge is -2.21. The van der Waals surface area contributed by atoms with Gasteiger partial charge in [0.2, 0.25) is 0 Å². The Balaban J connectivity index is 1.36. The first-order chi connectivity index (χ1) is 11.8. The third kappa shape index (κ3) is 3.37. The molecule has 24 heavy (non-hydrogen) atoms. The fraction of sp³-hybridized carbons (Fsp3) is 0.579. The first kappa shape index (κ1) is 15.8. The molecule has 4 rings (SSSR count). The van der Waals surface area contributed by atoms with Crippen LogP contribution in [0.25, 0.3) is 0 Å². The van der Waals surface area contributed by atoms with Crippen LogP contribution in [0.3, 0.4) is 0 Å². The van der Waals surface area contributed by atoms with Crippen LogP contribution in [0.1, 0.15) is 42.5 Å². The van der Waals surface area contributed by atoms with Crippen molar-refractivity contribution >= 4 is 0 Å². The summed E-state index contributed by atoms with van der Waals surface area (Å²) in [4.78, 5) is 4.60. The minimum Gasteiger partial charge on any atom is -0.391 e. The summed E-state index contributed by atoms with van der Waals surface area (Å²) in [6, 6.07) is 4.28. The van der Waals surface area contributed by atoms with Crippen molar-refractivity contribution in [2.45, 2.75) is 63.8 Å². The van der Waals surface area contributed by atoms with E-state index in [0.29, 0.717) is 5.92 Å². The van der Waals surface area contributed by atoms with E-state index >= 15 is 0 Å². The molecule has 2 N–H and O–H groups in total. The third-order valence-corrected chi connectivity index (χ3v) is 5.53. The summed E-state index contributed by atoms with van der Waals surface area (Å²) < 4.78 is 1.97. The van der Waals surface area contributed by atoms with Gasteiger partial charge in [-0.25, -0.2) is 0 Å². The Kier molecular flexibility index (Phi) is 4.63. The lowest BCUT2D eigenvalue weighted by atomic mass is 9.91. The molecule has 2 aromatic rings. The topological polar surface area (TPSA) is 63.0 Å². The van der Waals surface area contributed by atoms with E-state index in [0.717, 1.165) is 32.4 Å². The summed E-state index contributed by atoms with van der Waals surface area (Å²) in [5, 5.41) is 18.2. The molecule has 2 aliphatic carbocycles. The second-order valence-electron chi connectivity index (χ2n) is 7.22. The normalized spacial score (nSPS) is 26.5. The molecule has 5 nitrogen and oxygen atoms in total. The highest BCUT2D eigenvalue weighted by Gasteiger charge is 2.33. The summed E-state index contributed by atoms with van der Waals surface area (Å²) in [5.74, 6) is 0.482. The Hall–Kier alpha value is -1.72. The quantitative estimate of drug-likeness (QED) is 0.883. The van der Waals surface area contributed by atoms with Gasteiger partial charge >= 0.3 is 0 Å². The van der Waals surface area contributed by atoms with E-state index < -0.39 is 0 Å². The predicted molar refractivity (Wildman–Crippen MR) is 92.5 cm³/mol. The highest BCUT2D eigenvalue weighted by atomic mass is 16.3. The molecule has 0 aliphatic heterocycles. The van der Waals surface area contributed by atoms with Crippen LogP contribution in [0, 0.1) is 5.92 Å². The predicted octanol–water partition coefficient (Wildman–Crippen LogP) is 2.09. The molecule has 1 fully saturated rings. The highest BCUT2D eigenvalue weighted by Crippen LogP contribution is 2.28. The van der Waals surface area contributed by atoms with Gasteiger partial charge in [0.15, 0.2) is 0 Å². The van der Waals surface area contributed by atoms with E-state index in [1.165, 1.54) is 36.1 Å². The summed E-state index contributed by atoms with van der Waals surface area (Å²) in [6.07, 6.45) is 12.2. The number of rotatable bonds is 5. The first-order valence-electron chi connectivity index (χ1n) is 9.14. The third-order valence-electron chi connectivity index (χ3n) is 5.53. The van der Waals surface area contributed by atoms with Crippen LogP contribution in [0.2, 0.25) is 0 Å². The van der Waals surface area contributed by atoms with Crippen molar-refractivity contribution in [3.63, 3.8) is 0 Å². The average molecular weight is 326 g/mol. The largest absolute Gasteiger partial charge is 0.391 e. The molecule has 2 aliphatic rings. The number of aryl methyl sites for hydroxylation is 1. The van der Waals surface area contributed by atoms with Crippen LogP contribution in [-0.4, -0.2) is 32.0 Å². The molecule has 2 heterocycles. The second-order valence-corrected chi connectivity index (χ2v) is 7.22. The van der Waals surface area contributed by atoms with Crippen molar-refractivity contribution in [2.24, 2.45) is 5.92 Å². The number of hydrogen-bond donors (Lipinski definition) is 2. The van der Waals surface area contributed by atoms with Gasteiger partial charge in [-0.05, 0) is 67.7 Å². The zero-order valence-electron chi connectivity index (χ0n) is 14.1. The van der Waals surface area contributed by atoms with Crippen molar-refractivity contribution in [3.8, 4) is 0 Å². The zero-order valence-corrected chi connectivity index (χ0v) is 14.1. The van der Waals surface area contributed by atoms with E-state index in [1.807, 2.05) is 29.3 Å². The summed E-state index contributed by atoms with van der Waals surface area (Å²) in [6.45, 7) is 1.65. The van der Waals surface area contributed by atoms with Gasteiger partial charge in [-0.1, -0.05) is 0 Å². The minimum atomic E-state index is -0.273. The van der Waals surface area contributed by atoms with Gasteiger partial charge in [-0.15, -0.1) is 0 Å². The van der Waals surface area contributed by atoms with E-state index in [-0.39, 0.29) is 12.1 Å². The van der Waals surface area contributed by atoms with E-state index in [2.05, 4.69) is 21.5 Å². The molecule has 5 heteroatoms. The maximum Gasteiger partial charge on any atom is 0.0696 e. The first-order valence-corrected chi connectivity index (χ1v) is 9.14. The molecule has 0 bridgehead atoms. The smallest absolute Gasteiger partial charge is 0.0696 e. The molecule has 1 saturated carbocycles. The standard InChI is InChI=1S/C19H26N4O/c24-19-11-14(13-23-9-3-7-22-23)10-17(19)21-12-18-16-5-2-1-4-15(16)6-8-20-18/h3,6-9,14,17,19,21,24H,1-2,4-5,10-13H2/t14?,17-,19-/m1/s1. The zero-order chi connectivity index (χ0) is 16.4. The number of nitrogens with zero attached hydrogens (tertiary/aromatic N) is 3. The van der Waals surface area contributed by atoms with Gasteiger partial charge in [0, 0.05) is 37.7 Å². The fourth-order valence-corrected chi connectivity index (χ4v) is 4.28. The number of fused-ring (bicyclic) bond motifs is 1. The van der Waals surface area contributed by atoms with E-state index in [9.17, 15) is 5.11 Å². The number of pyridine rings is 1. The number of aliphatic hydroxyl groups excluding tert-OH is 1. The molecular formula is C19H26N4O. The van der Waals surface area contributed by atoms with Gasteiger partial charge in [0.05, 0.1) is 11.8 Å². The Morgan fingerprint density at radius 3 is 3.00 bits per heavy atom. The van der Waals surface area contributed by atoms with E-state index in [4.69, 9.17) is 0 Å².